The number of halogens is 1. The number of aromatic amines is 1. The van der Waals surface area contributed by atoms with E-state index in [2.05, 4.69) is 9.88 Å². The molecule has 2 aromatic rings. The van der Waals surface area contributed by atoms with Crippen LogP contribution in [0.3, 0.4) is 0 Å². The smallest absolute Gasteiger partial charge is 0.274 e. The molecule has 0 aliphatic carbocycles. The van der Waals surface area contributed by atoms with E-state index in [1.54, 1.807) is 12.1 Å². The number of hydrogen-bond acceptors (Lipinski definition) is 4. The molecule has 0 aromatic carbocycles. The van der Waals surface area contributed by atoms with Crippen molar-refractivity contribution in [1.82, 2.24) is 4.90 Å². The van der Waals surface area contributed by atoms with Gasteiger partial charge in [0.2, 0.25) is 5.91 Å². The Morgan fingerprint density at radius 2 is 1.88 bits per heavy atom. The molecule has 0 radical (unpaired) electrons. The maximum Gasteiger partial charge on any atom is 0.274 e. The summed E-state index contributed by atoms with van der Waals surface area (Å²) in [5.74, 6) is 1.09. The SMILES string of the molecule is O=C(CCC(=O)N1CCN(c2cccc[nH+]2)CC1)c1ccc(Cl)s1. The standard InChI is InChI=1S/C17H18ClN3O2S/c18-15-6-5-14(24-15)13(22)4-7-17(23)21-11-9-20(10-12-21)16-3-1-2-8-19-16/h1-3,5-6,8H,4,7,9-12H2/p+1. The van der Waals surface area contributed by atoms with Gasteiger partial charge in [0.1, 0.15) is 13.1 Å². The Morgan fingerprint density at radius 3 is 2.50 bits per heavy atom. The van der Waals surface area contributed by atoms with Crippen molar-refractivity contribution in [3.8, 4) is 0 Å². The Hall–Kier alpha value is -1.92. The zero-order valence-corrected chi connectivity index (χ0v) is 14.8. The lowest BCUT2D eigenvalue weighted by molar-refractivity contribution is -0.364. The number of hydrogen-bond donors (Lipinski definition) is 0. The van der Waals surface area contributed by atoms with E-state index in [9.17, 15) is 9.59 Å². The third-order valence-electron chi connectivity index (χ3n) is 4.08. The van der Waals surface area contributed by atoms with Crippen LogP contribution in [-0.2, 0) is 4.79 Å². The fourth-order valence-electron chi connectivity index (χ4n) is 2.74. The molecule has 5 nitrogen and oxygen atoms in total. The summed E-state index contributed by atoms with van der Waals surface area (Å²) in [6.07, 6.45) is 2.39. The van der Waals surface area contributed by atoms with Crippen LogP contribution in [0.15, 0.2) is 36.5 Å². The van der Waals surface area contributed by atoms with Crippen LogP contribution < -0.4 is 9.88 Å². The number of H-pyrrole nitrogens is 1. The Kier molecular flexibility index (Phi) is 5.48. The van der Waals surface area contributed by atoms with Gasteiger partial charge in [-0.15, -0.1) is 11.3 Å². The summed E-state index contributed by atoms with van der Waals surface area (Å²) in [6, 6.07) is 9.39. The predicted octanol–water partition coefficient (Wildman–Crippen LogP) is 2.53. The number of Topliss-reactive ketones (excluding diaryl/α,β-unsaturated/α-hetero) is 1. The van der Waals surface area contributed by atoms with Crippen LogP contribution >= 0.6 is 22.9 Å². The summed E-state index contributed by atoms with van der Waals surface area (Å²) in [5, 5.41) is 0. The molecule has 1 amide bonds. The average Bonchev–Trinajstić information content (AvgIpc) is 3.07. The first kappa shape index (κ1) is 16.9. The van der Waals surface area contributed by atoms with E-state index < -0.39 is 0 Å². The van der Waals surface area contributed by atoms with Gasteiger partial charge >= 0.3 is 0 Å². The molecule has 1 saturated heterocycles. The van der Waals surface area contributed by atoms with Gasteiger partial charge in [-0.05, 0) is 18.2 Å². The molecule has 1 aliphatic heterocycles. The number of carbonyl (C=O) groups excluding carboxylic acids is 2. The van der Waals surface area contributed by atoms with Crippen molar-refractivity contribution < 1.29 is 14.6 Å². The van der Waals surface area contributed by atoms with Crippen molar-refractivity contribution >= 4 is 40.4 Å². The molecule has 126 valence electrons. The first-order valence-corrected chi connectivity index (χ1v) is 9.11. The first-order chi connectivity index (χ1) is 11.6. The summed E-state index contributed by atoms with van der Waals surface area (Å²) in [7, 11) is 0. The highest BCUT2D eigenvalue weighted by Crippen LogP contribution is 2.23. The number of aromatic nitrogens is 1. The van der Waals surface area contributed by atoms with Gasteiger partial charge in [-0.2, -0.15) is 0 Å². The summed E-state index contributed by atoms with van der Waals surface area (Å²) in [5.41, 5.74) is 0. The highest BCUT2D eigenvalue weighted by molar-refractivity contribution is 7.18. The lowest BCUT2D eigenvalue weighted by Gasteiger charge is -2.31. The van der Waals surface area contributed by atoms with E-state index in [1.807, 2.05) is 29.3 Å². The van der Waals surface area contributed by atoms with Crippen LogP contribution in [0.5, 0.6) is 0 Å². The van der Waals surface area contributed by atoms with Crippen LogP contribution in [0.4, 0.5) is 5.82 Å². The van der Waals surface area contributed by atoms with Gasteiger partial charge in [0.25, 0.3) is 5.82 Å². The lowest BCUT2D eigenvalue weighted by atomic mass is 10.1. The maximum absolute atomic E-state index is 12.3. The van der Waals surface area contributed by atoms with E-state index in [1.165, 1.54) is 11.3 Å². The van der Waals surface area contributed by atoms with E-state index in [4.69, 9.17) is 11.6 Å². The van der Waals surface area contributed by atoms with Crippen molar-refractivity contribution in [1.29, 1.82) is 0 Å². The van der Waals surface area contributed by atoms with Crippen LogP contribution in [0.2, 0.25) is 4.34 Å². The molecular weight excluding hydrogens is 346 g/mol. The average molecular weight is 365 g/mol. The Labute approximate surface area is 149 Å². The number of piperazine rings is 1. The van der Waals surface area contributed by atoms with Gasteiger partial charge < -0.3 is 4.90 Å². The Morgan fingerprint density at radius 1 is 1.08 bits per heavy atom. The van der Waals surface area contributed by atoms with Gasteiger partial charge in [0.15, 0.2) is 5.78 Å². The minimum absolute atomic E-state index is 0.0160. The molecule has 0 atom stereocenters. The number of amides is 1. The second-order valence-electron chi connectivity index (χ2n) is 5.64. The summed E-state index contributed by atoms with van der Waals surface area (Å²) < 4.78 is 0.596. The zero-order chi connectivity index (χ0) is 16.9. The van der Waals surface area contributed by atoms with Crippen LogP contribution in [-0.4, -0.2) is 42.8 Å². The number of ketones is 1. The Balaban J connectivity index is 1.46. The lowest BCUT2D eigenvalue weighted by Crippen LogP contribution is -2.50. The summed E-state index contributed by atoms with van der Waals surface area (Å²) >= 11 is 7.10. The van der Waals surface area contributed by atoms with E-state index >= 15 is 0 Å². The number of nitrogens with one attached hydrogen (secondary N) is 1. The molecule has 1 N–H and O–H groups in total. The van der Waals surface area contributed by atoms with E-state index in [0.717, 1.165) is 18.9 Å². The van der Waals surface area contributed by atoms with Gasteiger partial charge in [-0.25, -0.2) is 4.98 Å². The maximum atomic E-state index is 12.3. The highest BCUT2D eigenvalue weighted by Gasteiger charge is 2.26. The minimum atomic E-state index is -0.0160. The first-order valence-electron chi connectivity index (χ1n) is 7.91. The topological polar surface area (TPSA) is 54.8 Å². The summed E-state index contributed by atoms with van der Waals surface area (Å²) in [6.45, 7) is 2.95. The van der Waals surface area contributed by atoms with Gasteiger partial charge in [-0.1, -0.05) is 17.7 Å². The second kappa shape index (κ2) is 7.77. The van der Waals surface area contributed by atoms with Crippen molar-refractivity contribution in [2.24, 2.45) is 0 Å². The fraction of sp³-hybridized carbons (Fsp3) is 0.353. The van der Waals surface area contributed by atoms with Crippen molar-refractivity contribution in [2.45, 2.75) is 12.8 Å². The molecular formula is C17H19ClN3O2S+. The van der Waals surface area contributed by atoms with E-state index in [-0.39, 0.29) is 24.5 Å². The molecule has 1 fully saturated rings. The van der Waals surface area contributed by atoms with Crippen molar-refractivity contribution in [3.63, 3.8) is 0 Å². The number of anilines is 1. The zero-order valence-electron chi connectivity index (χ0n) is 13.2. The van der Waals surface area contributed by atoms with Crippen molar-refractivity contribution in [3.05, 3.63) is 45.7 Å². The summed E-state index contributed by atoms with van der Waals surface area (Å²) in [4.78, 5) is 32.3. The second-order valence-corrected chi connectivity index (χ2v) is 7.36. The highest BCUT2D eigenvalue weighted by atomic mass is 35.5. The molecule has 3 heterocycles. The number of rotatable bonds is 5. The van der Waals surface area contributed by atoms with E-state index in [0.29, 0.717) is 22.3 Å². The number of nitrogens with zero attached hydrogens (tertiary/aromatic N) is 2. The van der Waals surface area contributed by atoms with Crippen LogP contribution in [0.25, 0.3) is 0 Å². The molecule has 0 unspecified atom stereocenters. The molecule has 7 heteroatoms. The number of carbonyl (C=O) groups is 2. The molecule has 0 spiro atoms. The molecule has 3 rings (SSSR count). The fourth-order valence-corrected chi connectivity index (χ4v) is 3.75. The van der Waals surface area contributed by atoms with Crippen molar-refractivity contribution in [2.75, 3.05) is 31.1 Å². The third-order valence-corrected chi connectivity index (χ3v) is 5.35. The molecule has 0 saturated carbocycles. The van der Waals surface area contributed by atoms with Crippen LogP contribution in [0.1, 0.15) is 22.5 Å². The van der Waals surface area contributed by atoms with Gasteiger partial charge in [0, 0.05) is 18.9 Å². The minimum Gasteiger partial charge on any atom is -0.335 e. The monoisotopic (exact) mass is 364 g/mol. The Bertz CT molecular complexity index is 712. The quantitative estimate of drug-likeness (QED) is 0.766. The predicted molar refractivity (Wildman–Crippen MR) is 94.7 cm³/mol. The molecule has 1 aliphatic rings. The largest absolute Gasteiger partial charge is 0.335 e. The normalized spacial score (nSPS) is 14.7. The number of thiophene rings is 1. The molecule has 0 bridgehead atoms. The molecule has 24 heavy (non-hydrogen) atoms. The van der Waals surface area contributed by atoms with Gasteiger partial charge in [0.05, 0.1) is 28.5 Å². The molecule has 2 aromatic heterocycles. The van der Waals surface area contributed by atoms with Gasteiger partial charge in [-0.3, -0.25) is 14.5 Å². The number of pyridine rings is 1. The van der Waals surface area contributed by atoms with Crippen LogP contribution in [0, 0.1) is 0 Å². The third kappa shape index (κ3) is 4.13.